The molecular weight excluding hydrogens is 532 g/mol. The molecule has 0 amide bonds. The Hall–Kier alpha value is -4.08. The normalized spacial score (nSPS) is 14.8. The number of ether oxygens (including phenoxy) is 1. The number of carbonyl (C=O) groups is 1. The number of nitrogens with one attached hydrogen (secondary N) is 1. The van der Waals surface area contributed by atoms with Crippen LogP contribution >= 0.6 is 11.3 Å². The lowest BCUT2D eigenvalue weighted by atomic mass is 9.96. The molecule has 1 saturated heterocycles. The van der Waals surface area contributed by atoms with Gasteiger partial charge in [-0.2, -0.15) is 0 Å². The van der Waals surface area contributed by atoms with E-state index in [9.17, 15) is 4.79 Å². The Morgan fingerprint density at radius 2 is 1.68 bits per heavy atom. The van der Waals surface area contributed by atoms with Gasteiger partial charge in [-0.05, 0) is 39.5 Å². The molecule has 0 bridgehead atoms. The van der Waals surface area contributed by atoms with E-state index in [-0.39, 0.29) is 12.0 Å². The van der Waals surface area contributed by atoms with Crippen LogP contribution in [0.5, 0.6) is 0 Å². The fraction of sp³-hybridized carbons (Fsp3) is 0.312. The van der Waals surface area contributed by atoms with Gasteiger partial charge in [0.15, 0.2) is 5.96 Å². The minimum absolute atomic E-state index is 0.0915. The van der Waals surface area contributed by atoms with Crippen molar-refractivity contribution in [1.82, 2.24) is 20.0 Å². The summed E-state index contributed by atoms with van der Waals surface area (Å²) >= 11 is 1.49. The highest BCUT2D eigenvalue weighted by Crippen LogP contribution is 2.45. The van der Waals surface area contributed by atoms with Gasteiger partial charge in [-0.3, -0.25) is 4.99 Å². The van der Waals surface area contributed by atoms with Gasteiger partial charge in [-0.15, -0.1) is 21.5 Å². The first kappa shape index (κ1) is 28.4. The number of piperazine rings is 1. The Morgan fingerprint density at radius 1 is 1.02 bits per heavy atom. The van der Waals surface area contributed by atoms with Crippen LogP contribution in [0, 0.1) is 0 Å². The number of benzene rings is 2. The number of nitrogens with zero attached hydrogens (tertiary/aromatic N) is 5. The van der Waals surface area contributed by atoms with Crippen molar-refractivity contribution in [3.05, 3.63) is 71.6 Å². The molecule has 0 radical (unpaired) electrons. The molecule has 2 aromatic carbocycles. The molecule has 0 aliphatic carbocycles. The number of anilines is 1. The molecule has 0 unspecified atom stereocenters. The number of rotatable bonds is 7. The topological polar surface area (TPSA) is 82.9 Å². The van der Waals surface area contributed by atoms with Crippen LogP contribution in [0.1, 0.15) is 25.6 Å². The zero-order valence-electron chi connectivity index (χ0n) is 24.0. The number of thiophene rings is 1. The summed E-state index contributed by atoms with van der Waals surface area (Å²) in [6.07, 6.45) is 3.28. The van der Waals surface area contributed by atoms with Crippen LogP contribution in [-0.2, 0) is 9.53 Å². The van der Waals surface area contributed by atoms with E-state index >= 15 is 0 Å². The molecule has 41 heavy (non-hydrogen) atoms. The van der Waals surface area contributed by atoms with Gasteiger partial charge in [0.1, 0.15) is 10.5 Å². The second kappa shape index (κ2) is 13.1. The maximum atomic E-state index is 12.3. The molecule has 1 aliphatic heterocycles. The van der Waals surface area contributed by atoms with E-state index < -0.39 is 0 Å². The third kappa shape index (κ3) is 6.64. The van der Waals surface area contributed by atoms with E-state index in [0.717, 1.165) is 75.3 Å². The van der Waals surface area contributed by atoms with Crippen molar-refractivity contribution in [3.63, 3.8) is 0 Å². The number of likely N-dealkylation sites (N-methyl/N-ethyl adjacent to an activating group) is 1. The highest BCUT2D eigenvalue weighted by Gasteiger charge is 2.25. The van der Waals surface area contributed by atoms with Crippen LogP contribution in [0.2, 0.25) is 0 Å². The summed E-state index contributed by atoms with van der Waals surface area (Å²) in [5.41, 5.74) is 4.66. The van der Waals surface area contributed by atoms with Gasteiger partial charge in [0.25, 0.3) is 0 Å². The van der Waals surface area contributed by atoms with E-state index in [0.29, 0.717) is 6.61 Å². The SMILES string of the molecule is CCOC(=O)/C=C/c1sc2nnc(-c3ccccc3)c(-c3ccccc3)c2c1NC(=NC(C)C)N1CCN(C)CC1. The van der Waals surface area contributed by atoms with Crippen molar-refractivity contribution < 1.29 is 9.53 Å². The van der Waals surface area contributed by atoms with Gasteiger partial charge >= 0.3 is 5.97 Å². The first-order valence-corrected chi connectivity index (χ1v) is 14.8. The van der Waals surface area contributed by atoms with Crippen LogP contribution in [0.25, 0.3) is 38.7 Å². The Kier molecular flexibility index (Phi) is 9.06. The fourth-order valence-electron chi connectivity index (χ4n) is 4.83. The van der Waals surface area contributed by atoms with Crippen molar-refractivity contribution in [2.75, 3.05) is 45.2 Å². The Labute approximate surface area is 245 Å². The predicted octanol–water partition coefficient (Wildman–Crippen LogP) is 6.03. The van der Waals surface area contributed by atoms with Crippen molar-refractivity contribution in [3.8, 4) is 22.4 Å². The third-order valence-electron chi connectivity index (χ3n) is 6.83. The predicted molar refractivity (Wildman–Crippen MR) is 169 cm³/mol. The number of carbonyl (C=O) groups excluding carboxylic acids is 1. The second-order valence-corrected chi connectivity index (χ2v) is 11.3. The second-order valence-electron chi connectivity index (χ2n) is 10.2. The van der Waals surface area contributed by atoms with Gasteiger partial charge in [0.2, 0.25) is 0 Å². The molecule has 3 heterocycles. The molecule has 0 saturated carbocycles. The van der Waals surface area contributed by atoms with E-state index in [1.54, 1.807) is 13.0 Å². The van der Waals surface area contributed by atoms with Crippen LogP contribution < -0.4 is 5.32 Å². The molecular formula is C32H36N6O2S. The molecule has 0 atom stereocenters. The number of guanidine groups is 1. The van der Waals surface area contributed by atoms with Crippen LogP contribution in [-0.4, -0.2) is 77.8 Å². The maximum Gasteiger partial charge on any atom is 0.330 e. The Bertz CT molecular complexity index is 1540. The minimum Gasteiger partial charge on any atom is -0.463 e. The highest BCUT2D eigenvalue weighted by molar-refractivity contribution is 7.20. The van der Waals surface area contributed by atoms with E-state index in [4.69, 9.17) is 19.9 Å². The van der Waals surface area contributed by atoms with Crippen molar-refractivity contribution >= 4 is 45.2 Å². The Balaban J connectivity index is 1.75. The summed E-state index contributed by atoms with van der Waals surface area (Å²) in [7, 11) is 2.14. The molecule has 4 aromatic rings. The van der Waals surface area contributed by atoms with Crippen molar-refractivity contribution in [2.24, 2.45) is 4.99 Å². The number of hydrogen-bond donors (Lipinski definition) is 1. The molecule has 212 valence electrons. The summed E-state index contributed by atoms with van der Waals surface area (Å²) < 4.78 is 5.18. The smallest absolute Gasteiger partial charge is 0.330 e. The summed E-state index contributed by atoms with van der Waals surface area (Å²) in [6.45, 7) is 9.93. The molecule has 2 aromatic heterocycles. The summed E-state index contributed by atoms with van der Waals surface area (Å²) in [4.78, 5) is 23.6. The lowest BCUT2D eigenvalue weighted by molar-refractivity contribution is -0.137. The summed E-state index contributed by atoms with van der Waals surface area (Å²) in [5, 5.41) is 14.1. The first-order valence-electron chi connectivity index (χ1n) is 14.0. The van der Waals surface area contributed by atoms with Gasteiger partial charge in [0.05, 0.1) is 17.2 Å². The lowest BCUT2D eigenvalue weighted by Crippen LogP contribution is -2.49. The molecule has 1 aliphatic rings. The zero-order valence-corrected chi connectivity index (χ0v) is 24.8. The first-order chi connectivity index (χ1) is 19.9. The van der Waals surface area contributed by atoms with Crippen molar-refractivity contribution in [2.45, 2.75) is 26.8 Å². The Morgan fingerprint density at radius 3 is 2.32 bits per heavy atom. The number of esters is 1. The standard InChI is InChI=1S/C32H36N6O2S/c1-5-40-26(39)17-16-25-30(34-32(33-22(2)3)38-20-18-37(4)19-21-38)28-27(23-12-8-6-9-13-23)29(35-36-31(28)41-25)24-14-10-7-11-15-24/h6-17,22H,5,18-21H2,1-4H3,(H,33,34)/b17-16+. The average Bonchev–Trinajstić information content (AvgIpc) is 3.33. The molecule has 5 rings (SSSR count). The molecule has 1 fully saturated rings. The zero-order chi connectivity index (χ0) is 28.8. The average molecular weight is 569 g/mol. The number of fused-ring (bicyclic) bond motifs is 1. The lowest BCUT2D eigenvalue weighted by Gasteiger charge is -2.35. The van der Waals surface area contributed by atoms with E-state index in [1.165, 1.54) is 17.4 Å². The van der Waals surface area contributed by atoms with Gasteiger partial charge < -0.3 is 19.9 Å². The van der Waals surface area contributed by atoms with Gasteiger partial charge in [-0.1, -0.05) is 60.7 Å². The van der Waals surface area contributed by atoms with Crippen LogP contribution in [0.15, 0.2) is 71.7 Å². The minimum atomic E-state index is -0.384. The van der Waals surface area contributed by atoms with Crippen LogP contribution in [0.3, 0.4) is 0 Å². The fourth-order valence-corrected chi connectivity index (χ4v) is 5.82. The van der Waals surface area contributed by atoms with Crippen molar-refractivity contribution in [1.29, 1.82) is 0 Å². The summed E-state index contributed by atoms with van der Waals surface area (Å²) in [6, 6.07) is 20.5. The van der Waals surface area contributed by atoms with E-state index in [1.807, 2.05) is 36.4 Å². The quantitative estimate of drug-likeness (QED) is 0.126. The molecule has 1 N–H and O–H groups in total. The largest absolute Gasteiger partial charge is 0.463 e. The number of hydrogen-bond acceptors (Lipinski definition) is 7. The number of aliphatic imine (C=N–C) groups is 1. The summed E-state index contributed by atoms with van der Waals surface area (Å²) in [5.74, 6) is 0.432. The third-order valence-corrected chi connectivity index (χ3v) is 7.87. The maximum absolute atomic E-state index is 12.3. The van der Waals surface area contributed by atoms with E-state index in [2.05, 4.69) is 60.3 Å². The molecule has 9 heteroatoms. The number of aromatic nitrogens is 2. The van der Waals surface area contributed by atoms with Gasteiger partial charge in [-0.25, -0.2) is 4.79 Å². The molecule has 8 nitrogen and oxygen atoms in total. The highest BCUT2D eigenvalue weighted by atomic mass is 32.1. The van der Waals surface area contributed by atoms with Gasteiger partial charge in [0, 0.05) is 54.8 Å². The molecule has 0 spiro atoms. The monoisotopic (exact) mass is 568 g/mol. The van der Waals surface area contributed by atoms with Crippen LogP contribution in [0.4, 0.5) is 5.69 Å².